The lowest BCUT2D eigenvalue weighted by Crippen LogP contribution is -2.05. The number of fused-ring (bicyclic) bond motifs is 1. The third-order valence-corrected chi connectivity index (χ3v) is 2.83. The Labute approximate surface area is 97.1 Å². The second-order valence-electron chi connectivity index (χ2n) is 3.97. The zero-order chi connectivity index (χ0) is 12.4. The smallest absolute Gasteiger partial charge is 0.417 e. The van der Waals surface area contributed by atoms with Crippen LogP contribution in [0.3, 0.4) is 0 Å². The first-order valence-electron chi connectivity index (χ1n) is 5.44. The molecule has 0 radical (unpaired) electrons. The number of aromatic nitrogens is 1. The number of benzene rings is 1. The van der Waals surface area contributed by atoms with Crippen LogP contribution in [0.2, 0.25) is 0 Å². The van der Waals surface area contributed by atoms with Gasteiger partial charge < -0.3 is 9.52 Å². The van der Waals surface area contributed by atoms with Crippen molar-refractivity contribution in [2.24, 2.45) is 0 Å². The predicted molar refractivity (Wildman–Crippen MR) is 62.1 cm³/mol. The summed E-state index contributed by atoms with van der Waals surface area (Å²) < 4.78 is 4.95. The van der Waals surface area contributed by atoms with Gasteiger partial charge in [0, 0.05) is 0 Å². The molecule has 5 nitrogen and oxygen atoms in total. The Morgan fingerprint density at radius 2 is 2.29 bits per heavy atom. The number of carboxylic acids is 1. The number of aromatic amines is 1. The Morgan fingerprint density at radius 3 is 2.94 bits per heavy atom. The summed E-state index contributed by atoms with van der Waals surface area (Å²) >= 11 is 0. The van der Waals surface area contributed by atoms with E-state index in [-0.39, 0.29) is 12.3 Å². The third-order valence-electron chi connectivity index (χ3n) is 2.83. The Kier molecular flexibility index (Phi) is 2.99. The Hall–Kier alpha value is -2.04. The Balaban J connectivity index is 2.39. The largest absolute Gasteiger partial charge is 0.481 e. The number of nitrogens with one attached hydrogen (secondary N) is 1. The van der Waals surface area contributed by atoms with E-state index < -0.39 is 11.7 Å². The molecule has 0 aliphatic carbocycles. The Bertz CT molecular complexity index is 596. The number of hydrogen-bond acceptors (Lipinski definition) is 3. The lowest BCUT2D eigenvalue weighted by Gasteiger charge is -2.12. The van der Waals surface area contributed by atoms with E-state index in [9.17, 15) is 9.59 Å². The van der Waals surface area contributed by atoms with Gasteiger partial charge in [0.1, 0.15) is 0 Å². The lowest BCUT2D eigenvalue weighted by atomic mass is 9.93. The molecule has 0 amide bonds. The van der Waals surface area contributed by atoms with Crippen LogP contribution in [-0.2, 0) is 4.79 Å². The highest BCUT2D eigenvalue weighted by Gasteiger charge is 2.14. The average molecular weight is 235 g/mol. The van der Waals surface area contributed by atoms with E-state index in [1.165, 1.54) is 0 Å². The van der Waals surface area contributed by atoms with E-state index >= 15 is 0 Å². The molecule has 1 aromatic carbocycles. The average Bonchev–Trinajstić information content (AvgIpc) is 2.64. The molecule has 2 N–H and O–H groups in total. The van der Waals surface area contributed by atoms with Gasteiger partial charge in [0.25, 0.3) is 0 Å². The highest BCUT2D eigenvalue weighted by molar-refractivity contribution is 5.73. The van der Waals surface area contributed by atoms with Crippen molar-refractivity contribution in [2.45, 2.75) is 25.7 Å². The van der Waals surface area contributed by atoms with Crippen molar-refractivity contribution in [3.63, 3.8) is 0 Å². The maximum absolute atomic E-state index is 11.0. The van der Waals surface area contributed by atoms with Gasteiger partial charge in [-0.05, 0) is 30.0 Å². The second kappa shape index (κ2) is 4.45. The van der Waals surface area contributed by atoms with E-state index in [4.69, 9.17) is 9.52 Å². The molecule has 0 bridgehead atoms. The lowest BCUT2D eigenvalue weighted by molar-refractivity contribution is -0.137. The molecular formula is C12H13NO4. The first-order valence-corrected chi connectivity index (χ1v) is 5.44. The summed E-state index contributed by atoms with van der Waals surface area (Å²) in [6, 6.07) is 5.29. The van der Waals surface area contributed by atoms with Gasteiger partial charge in [0.15, 0.2) is 5.58 Å². The summed E-state index contributed by atoms with van der Waals surface area (Å²) in [5.41, 5.74) is 1.98. The molecule has 90 valence electrons. The summed E-state index contributed by atoms with van der Waals surface area (Å²) in [6.45, 7) is 1.94. The van der Waals surface area contributed by atoms with Crippen LogP contribution >= 0.6 is 0 Å². The minimum absolute atomic E-state index is 0.0582. The fourth-order valence-corrected chi connectivity index (χ4v) is 1.92. The van der Waals surface area contributed by atoms with Gasteiger partial charge in [-0.15, -0.1) is 0 Å². The zero-order valence-corrected chi connectivity index (χ0v) is 9.40. The molecule has 0 spiro atoms. The van der Waals surface area contributed by atoms with Gasteiger partial charge in [-0.1, -0.05) is 13.0 Å². The van der Waals surface area contributed by atoms with Gasteiger partial charge in [0.05, 0.1) is 11.9 Å². The van der Waals surface area contributed by atoms with Crippen molar-refractivity contribution in [1.82, 2.24) is 4.98 Å². The van der Waals surface area contributed by atoms with Crippen LogP contribution in [0.25, 0.3) is 11.1 Å². The zero-order valence-electron chi connectivity index (χ0n) is 9.40. The normalized spacial score (nSPS) is 12.8. The minimum Gasteiger partial charge on any atom is -0.481 e. The maximum Gasteiger partial charge on any atom is 0.417 e. The summed E-state index contributed by atoms with van der Waals surface area (Å²) in [7, 11) is 0. The third kappa shape index (κ3) is 2.38. The van der Waals surface area contributed by atoms with Crippen molar-refractivity contribution < 1.29 is 14.3 Å². The number of aliphatic carboxylic acids is 1. The highest BCUT2D eigenvalue weighted by atomic mass is 16.4. The van der Waals surface area contributed by atoms with Gasteiger partial charge in [-0.2, -0.15) is 0 Å². The van der Waals surface area contributed by atoms with Crippen LogP contribution in [0.4, 0.5) is 0 Å². The summed E-state index contributed by atoms with van der Waals surface area (Å²) in [4.78, 5) is 24.3. The monoisotopic (exact) mass is 235 g/mol. The molecule has 0 saturated carbocycles. The van der Waals surface area contributed by atoms with E-state index in [2.05, 4.69) is 4.98 Å². The molecule has 2 aromatic rings. The van der Waals surface area contributed by atoms with E-state index in [1.54, 1.807) is 12.1 Å². The number of carboxylic acid groups (broad SMARTS) is 1. The SMILES string of the molecule is CCC(CC(=O)O)c1ccc2[nH]c(=O)oc2c1. The summed E-state index contributed by atoms with van der Waals surface area (Å²) in [5, 5.41) is 8.81. The minimum atomic E-state index is -0.826. The molecule has 1 atom stereocenters. The van der Waals surface area contributed by atoms with E-state index in [0.717, 1.165) is 12.0 Å². The van der Waals surface area contributed by atoms with E-state index in [0.29, 0.717) is 11.1 Å². The first-order chi connectivity index (χ1) is 8.10. The molecule has 0 saturated heterocycles. The molecule has 1 unspecified atom stereocenters. The summed E-state index contributed by atoms with van der Waals surface area (Å²) in [5.74, 6) is -1.38. The molecule has 5 heteroatoms. The van der Waals surface area contributed by atoms with E-state index in [1.807, 2.05) is 13.0 Å². The molecule has 0 aliphatic heterocycles. The number of rotatable bonds is 4. The second-order valence-corrected chi connectivity index (χ2v) is 3.97. The van der Waals surface area contributed by atoms with Gasteiger partial charge in [-0.25, -0.2) is 4.79 Å². The molecule has 0 fully saturated rings. The van der Waals surface area contributed by atoms with Crippen molar-refractivity contribution in [3.05, 3.63) is 34.3 Å². The maximum atomic E-state index is 11.0. The van der Waals surface area contributed by atoms with Crippen LogP contribution < -0.4 is 5.76 Å². The van der Waals surface area contributed by atoms with Crippen LogP contribution in [0.5, 0.6) is 0 Å². The summed E-state index contributed by atoms with van der Waals surface area (Å²) in [6.07, 6.45) is 0.809. The molecule has 0 aliphatic rings. The van der Waals surface area contributed by atoms with Crippen molar-refractivity contribution in [3.8, 4) is 0 Å². The van der Waals surface area contributed by atoms with Crippen LogP contribution in [-0.4, -0.2) is 16.1 Å². The fraction of sp³-hybridized carbons (Fsp3) is 0.333. The van der Waals surface area contributed by atoms with Crippen molar-refractivity contribution in [2.75, 3.05) is 0 Å². The number of hydrogen-bond donors (Lipinski definition) is 2. The standard InChI is InChI=1S/C12H13NO4/c1-2-7(6-11(14)15)8-3-4-9-10(5-8)17-12(16)13-9/h3-5,7H,2,6H2,1H3,(H,13,16)(H,14,15). The number of oxazole rings is 1. The molecule has 1 aromatic heterocycles. The molecule has 1 heterocycles. The predicted octanol–water partition coefficient (Wildman–Crippen LogP) is 2.09. The molecule has 17 heavy (non-hydrogen) atoms. The quantitative estimate of drug-likeness (QED) is 0.849. The van der Waals surface area contributed by atoms with Crippen LogP contribution in [0, 0.1) is 0 Å². The van der Waals surface area contributed by atoms with Crippen LogP contribution in [0.15, 0.2) is 27.4 Å². The highest BCUT2D eigenvalue weighted by Crippen LogP contribution is 2.25. The topological polar surface area (TPSA) is 83.3 Å². The van der Waals surface area contributed by atoms with Gasteiger partial charge in [-0.3, -0.25) is 9.78 Å². The van der Waals surface area contributed by atoms with Gasteiger partial charge >= 0.3 is 11.7 Å². The molecular weight excluding hydrogens is 222 g/mol. The fourth-order valence-electron chi connectivity index (χ4n) is 1.92. The van der Waals surface area contributed by atoms with Gasteiger partial charge in [0.2, 0.25) is 0 Å². The number of H-pyrrole nitrogens is 1. The molecule has 2 rings (SSSR count). The Morgan fingerprint density at radius 1 is 1.53 bits per heavy atom. The van der Waals surface area contributed by atoms with Crippen LogP contribution in [0.1, 0.15) is 31.2 Å². The van der Waals surface area contributed by atoms with Crippen molar-refractivity contribution in [1.29, 1.82) is 0 Å². The first kappa shape index (κ1) is 11.4. The number of carbonyl (C=O) groups is 1. The van der Waals surface area contributed by atoms with Crippen molar-refractivity contribution >= 4 is 17.1 Å².